The molecule has 1 aliphatic rings. The maximum Gasteiger partial charge on any atom is 0.251 e. The third-order valence-electron chi connectivity index (χ3n) is 6.09. The average Bonchev–Trinajstić information content (AvgIpc) is 3.35. The van der Waals surface area contributed by atoms with Gasteiger partial charge in [0.05, 0.1) is 25.9 Å². The Morgan fingerprint density at radius 2 is 1.77 bits per heavy atom. The summed E-state index contributed by atoms with van der Waals surface area (Å²) in [6, 6.07) is 26.9. The van der Waals surface area contributed by atoms with Crippen molar-refractivity contribution in [2.24, 2.45) is 0 Å². The largest absolute Gasteiger partial charge is 0.497 e. The lowest BCUT2D eigenvalue weighted by Gasteiger charge is -2.27. The fourth-order valence-electron chi connectivity index (χ4n) is 4.18. The molecule has 1 N–H and O–H groups in total. The number of anilines is 1. The predicted octanol–water partition coefficient (Wildman–Crippen LogP) is 4.43. The normalized spacial score (nSPS) is 12.8. The summed E-state index contributed by atoms with van der Waals surface area (Å²) in [5.41, 5.74) is 4.34. The number of benzene rings is 3. The van der Waals surface area contributed by atoms with E-state index in [4.69, 9.17) is 9.84 Å². The molecule has 0 radical (unpaired) electrons. The standard InChI is InChI=1S/C28H26N4O3/c1-35-24-9-5-6-21(16-24)18-29-28(34)23-12-10-20(11-13-23)19-31-26-17-25(22-7-3-2-4-8-22)30-32(26)15-14-27(31)33/h2-13,16-17H,14-15,18-19H2,1H3,(H,29,34). The molecule has 3 aromatic carbocycles. The van der Waals surface area contributed by atoms with Crippen LogP contribution < -0.4 is 15.0 Å². The lowest BCUT2D eigenvalue weighted by atomic mass is 10.1. The van der Waals surface area contributed by atoms with E-state index in [1.807, 2.05) is 77.5 Å². The molecule has 35 heavy (non-hydrogen) atoms. The number of amides is 2. The highest BCUT2D eigenvalue weighted by Crippen LogP contribution is 2.29. The number of nitrogens with zero attached hydrogens (tertiary/aromatic N) is 3. The van der Waals surface area contributed by atoms with E-state index in [-0.39, 0.29) is 11.8 Å². The van der Waals surface area contributed by atoms with Crippen molar-refractivity contribution in [3.63, 3.8) is 0 Å². The first-order chi connectivity index (χ1) is 17.1. The summed E-state index contributed by atoms with van der Waals surface area (Å²) in [7, 11) is 1.62. The fourth-order valence-corrected chi connectivity index (χ4v) is 4.18. The van der Waals surface area contributed by atoms with Gasteiger partial charge in [0.25, 0.3) is 5.91 Å². The van der Waals surface area contributed by atoms with Gasteiger partial charge in [0, 0.05) is 30.2 Å². The molecule has 0 saturated heterocycles. The third-order valence-corrected chi connectivity index (χ3v) is 6.09. The van der Waals surface area contributed by atoms with Crippen LogP contribution in [0.5, 0.6) is 5.75 Å². The van der Waals surface area contributed by atoms with Crippen molar-refractivity contribution in [1.29, 1.82) is 0 Å². The highest BCUT2D eigenvalue weighted by Gasteiger charge is 2.26. The Morgan fingerprint density at radius 3 is 2.54 bits per heavy atom. The van der Waals surface area contributed by atoms with E-state index in [0.717, 1.165) is 34.0 Å². The fraction of sp³-hybridized carbons (Fsp3) is 0.179. The number of hydrogen-bond donors (Lipinski definition) is 1. The molecule has 0 saturated carbocycles. The lowest BCUT2D eigenvalue weighted by molar-refractivity contribution is -0.119. The monoisotopic (exact) mass is 466 g/mol. The smallest absolute Gasteiger partial charge is 0.251 e. The van der Waals surface area contributed by atoms with Gasteiger partial charge in [0.1, 0.15) is 11.6 Å². The molecule has 2 amide bonds. The maximum atomic E-state index is 12.8. The maximum absolute atomic E-state index is 12.8. The number of ether oxygens (including phenoxy) is 1. The van der Waals surface area contributed by atoms with Crippen molar-refractivity contribution in [2.45, 2.75) is 26.1 Å². The molecule has 5 rings (SSSR count). The highest BCUT2D eigenvalue weighted by atomic mass is 16.5. The number of rotatable bonds is 7. The summed E-state index contributed by atoms with van der Waals surface area (Å²) in [4.78, 5) is 27.1. The lowest BCUT2D eigenvalue weighted by Crippen LogP contribution is -2.36. The summed E-state index contributed by atoms with van der Waals surface area (Å²) in [5, 5.41) is 7.64. The van der Waals surface area contributed by atoms with Crippen molar-refractivity contribution in [3.8, 4) is 17.0 Å². The van der Waals surface area contributed by atoms with Gasteiger partial charge in [0.15, 0.2) is 0 Å². The van der Waals surface area contributed by atoms with Gasteiger partial charge in [-0.05, 0) is 35.4 Å². The molecule has 1 aromatic heterocycles. The molecule has 0 atom stereocenters. The second-order valence-electron chi connectivity index (χ2n) is 8.44. The van der Waals surface area contributed by atoms with Crippen molar-refractivity contribution >= 4 is 17.6 Å². The molecule has 0 fully saturated rings. The van der Waals surface area contributed by atoms with E-state index in [1.54, 1.807) is 24.1 Å². The second kappa shape index (κ2) is 9.85. The number of hydrogen-bond acceptors (Lipinski definition) is 4. The Balaban J connectivity index is 1.27. The van der Waals surface area contributed by atoms with E-state index in [0.29, 0.717) is 31.6 Å². The van der Waals surface area contributed by atoms with E-state index < -0.39 is 0 Å². The molecule has 176 valence electrons. The average molecular weight is 467 g/mol. The van der Waals surface area contributed by atoms with Gasteiger partial charge in [-0.25, -0.2) is 4.68 Å². The summed E-state index contributed by atoms with van der Waals surface area (Å²) in [5.74, 6) is 1.46. The van der Waals surface area contributed by atoms with Crippen LogP contribution in [0, 0.1) is 0 Å². The van der Waals surface area contributed by atoms with Crippen LogP contribution in [-0.2, 0) is 24.4 Å². The topological polar surface area (TPSA) is 76.5 Å². The zero-order valence-electron chi connectivity index (χ0n) is 19.5. The van der Waals surface area contributed by atoms with Crippen molar-refractivity contribution in [1.82, 2.24) is 15.1 Å². The van der Waals surface area contributed by atoms with Crippen LogP contribution in [0.25, 0.3) is 11.3 Å². The predicted molar refractivity (Wildman–Crippen MR) is 134 cm³/mol. The first-order valence-corrected chi connectivity index (χ1v) is 11.5. The molecular formula is C28H26N4O3. The minimum atomic E-state index is -0.154. The zero-order chi connectivity index (χ0) is 24.2. The molecule has 4 aromatic rings. The van der Waals surface area contributed by atoms with E-state index in [2.05, 4.69) is 5.32 Å². The molecule has 0 aliphatic carbocycles. The number of methoxy groups -OCH3 is 1. The Labute approximate surface area is 204 Å². The second-order valence-corrected chi connectivity index (χ2v) is 8.44. The third kappa shape index (κ3) is 4.94. The van der Waals surface area contributed by atoms with Crippen LogP contribution in [0.2, 0.25) is 0 Å². The molecule has 7 heteroatoms. The molecule has 0 unspecified atom stereocenters. The van der Waals surface area contributed by atoms with Crippen LogP contribution in [0.4, 0.5) is 5.82 Å². The number of fused-ring (bicyclic) bond motifs is 1. The van der Waals surface area contributed by atoms with Gasteiger partial charge in [0.2, 0.25) is 5.91 Å². The van der Waals surface area contributed by atoms with Crippen LogP contribution >= 0.6 is 0 Å². The SMILES string of the molecule is COc1cccc(CNC(=O)c2ccc(CN3C(=O)CCn4nc(-c5ccccc5)cc43)cc2)c1. The van der Waals surface area contributed by atoms with Crippen LogP contribution in [0.1, 0.15) is 27.9 Å². The summed E-state index contributed by atoms with van der Waals surface area (Å²) in [6.07, 6.45) is 0.410. The number of carbonyl (C=O) groups is 2. The Bertz CT molecular complexity index is 1350. The Morgan fingerprint density at radius 1 is 0.971 bits per heavy atom. The zero-order valence-corrected chi connectivity index (χ0v) is 19.5. The number of aromatic nitrogens is 2. The van der Waals surface area contributed by atoms with Crippen molar-refractivity contribution in [2.75, 3.05) is 12.0 Å². The Hall–Kier alpha value is -4.39. The highest BCUT2D eigenvalue weighted by molar-refractivity contribution is 5.95. The molecule has 7 nitrogen and oxygen atoms in total. The summed E-state index contributed by atoms with van der Waals surface area (Å²) >= 11 is 0. The van der Waals surface area contributed by atoms with Crippen LogP contribution in [0.3, 0.4) is 0 Å². The molecule has 1 aliphatic heterocycles. The Kier molecular flexibility index (Phi) is 6.30. The van der Waals surface area contributed by atoms with Crippen molar-refractivity contribution < 1.29 is 14.3 Å². The minimum absolute atomic E-state index is 0.0668. The van der Waals surface area contributed by atoms with E-state index in [9.17, 15) is 9.59 Å². The molecule has 0 spiro atoms. The van der Waals surface area contributed by atoms with Gasteiger partial charge in [-0.15, -0.1) is 0 Å². The van der Waals surface area contributed by atoms with Crippen LogP contribution in [0.15, 0.2) is 84.9 Å². The van der Waals surface area contributed by atoms with Gasteiger partial charge in [-0.1, -0.05) is 54.6 Å². The number of aryl methyl sites for hydroxylation is 1. The van der Waals surface area contributed by atoms with E-state index >= 15 is 0 Å². The number of nitrogens with one attached hydrogen (secondary N) is 1. The first-order valence-electron chi connectivity index (χ1n) is 11.5. The van der Waals surface area contributed by atoms with Gasteiger partial charge < -0.3 is 10.1 Å². The first kappa shape index (κ1) is 22.4. The van der Waals surface area contributed by atoms with Gasteiger partial charge >= 0.3 is 0 Å². The van der Waals surface area contributed by atoms with Crippen LogP contribution in [-0.4, -0.2) is 28.7 Å². The number of carbonyl (C=O) groups excluding carboxylic acids is 2. The molecule has 0 bridgehead atoms. The van der Waals surface area contributed by atoms with Gasteiger partial charge in [-0.3, -0.25) is 14.5 Å². The van der Waals surface area contributed by atoms with Gasteiger partial charge in [-0.2, -0.15) is 5.10 Å². The summed E-state index contributed by atoms with van der Waals surface area (Å²) < 4.78 is 7.12. The molecule has 2 heterocycles. The minimum Gasteiger partial charge on any atom is -0.497 e. The molecular weight excluding hydrogens is 440 g/mol. The van der Waals surface area contributed by atoms with Crippen molar-refractivity contribution in [3.05, 3.63) is 102 Å². The van der Waals surface area contributed by atoms with E-state index in [1.165, 1.54) is 0 Å². The summed E-state index contributed by atoms with van der Waals surface area (Å²) in [6.45, 7) is 1.40. The quantitative estimate of drug-likeness (QED) is 0.437.